The van der Waals surface area contributed by atoms with E-state index in [1.165, 1.54) is 28.8 Å². The molecule has 0 aliphatic heterocycles. The number of non-ortho nitro benzene ring substituents is 1. The van der Waals surface area contributed by atoms with E-state index in [-0.39, 0.29) is 18.0 Å². The Labute approximate surface area is 146 Å². The van der Waals surface area contributed by atoms with Crippen LogP contribution in [0.5, 0.6) is 5.75 Å². The highest BCUT2D eigenvalue weighted by Crippen LogP contribution is 2.26. The average Bonchev–Trinajstić information content (AvgIpc) is 3.11. The topological polar surface area (TPSA) is 103 Å². The second-order valence-electron chi connectivity index (χ2n) is 5.08. The summed E-state index contributed by atoms with van der Waals surface area (Å²) < 4.78 is 5.65. The Morgan fingerprint density at radius 3 is 2.40 bits per heavy atom. The fourth-order valence-electron chi connectivity index (χ4n) is 2.08. The van der Waals surface area contributed by atoms with E-state index < -0.39 is 10.9 Å². The molecule has 0 atom stereocenters. The lowest BCUT2D eigenvalue weighted by molar-refractivity contribution is -0.384. The van der Waals surface area contributed by atoms with Crippen molar-refractivity contribution in [2.75, 3.05) is 0 Å². The fraction of sp³-hybridized carbons (Fsp3) is 0.0588. The summed E-state index contributed by atoms with van der Waals surface area (Å²) in [6.07, 6.45) is 0. The van der Waals surface area contributed by atoms with Gasteiger partial charge in [0.25, 0.3) is 5.69 Å². The van der Waals surface area contributed by atoms with Crippen LogP contribution in [0.4, 0.5) is 5.69 Å². The third-order valence-electron chi connectivity index (χ3n) is 3.38. The lowest BCUT2D eigenvalue weighted by atomic mass is 10.2. The van der Waals surface area contributed by atoms with Crippen LogP contribution in [0.1, 0.15) is 16.1 Å². The number of aromatic carboxylic acids is 1. The minimum absolute atomic E-state index is 0.0264. The molecule has 0 saturated carbocycles. The van der Waals surface area contributed by atoms with Crippen molar-refractivity contribution >= 4 is 23.0 Å². The molecule has 0 amide bonds. The highest BCUT2D eigenvalue weighted by atomic mass is 32.1. The van der Waals surface area contributed by atoms with Crippen molar-refractivity contribution in [1.82, 2.24) is 4.98 Å². The van der Waals surface area contributed by atoms with Gasteiger partial charge in [0.2, 0.25) is 0 Å². The molecule has 2 aromatic carbocycles. The zero-order valence-corrected chi connectivity index (χ0v) is 13.6. The Morgan fingerprint density at radius 2 is 1.84 bits per heavy atom. The molecule has 1 aromatic heterocycles. The number of rotatable bonds is 6. The van der Waals surface area contributed by atoms with Gasteiger partial charge in [-0.1, -0.05) is 0 Å². The number of carboxylic acids is 1. The Bertz CT molecular complexity index is 904. The molecule has 8 heteroatoms. The highest BCUT2D eigenvalue weighted by molar-refractivity contribution is 7.13. The van der Waals surface area contributed by atoms with Crippen LogP contribution in [0.15, 0.2) is 53.9 Å². The first-order chi connectivity index (χ1) is 12.0. The lowest BCUT2D eigenvalue weighted by Crippen LogP contribution is -1.96. The molecule has 0 radical (unpaired) electrons. The summed E-state index contributed by atoms with van der Waals surface area (Å²) in [6, 6.07) is 13.3. The maximum absolute atomic E-state index is 10.9. The summed E-state index contributed by atoms with van der Waals surface area (Å²) in [4.78, 5) is 25.1. The summed E-state index contributed by atoms with van der Waals surface area (Å²) in [5, 5.41) is 21.6. The first-order valence-electron chi connectivity index (χ1n) is 7.18. The number of aromatic nitrogens is 1. The molecule has 0 aliphatic carbocycles. The molecule has 0 fully saturated rings. The normalized spacial score (nSPS) is 10.4. The van der Waals surface area contributed by atoms with Gasteiger partial charge < -0.3 is 9.84 Å². The third-order valence-corrected chi connectivity index (χ3v) is 4.27. The number of carbonyl (C=O) groups is 1. The number of carboxylic acid groups (broad SMARTS) is 1. The first-order valence-corrected chi connectivity index (χ1v) is 8.06. The number of ether oxygens (including phenoxy) is 1. The molecule has 0 spiro atoms. The zero-order chi connectivity index (χ0) is 17.8. The highest BCUT2D eigenvalue weighted by Gasteiger charge is 2.10. The number of nitro benzene ring substituents is 1. The van der Waals surface area contributed by atoms with Gasteiger partial charge in [0.1, 0.15) is 17.4 Å². The van der Waals surface area contributed by atoms with E-state index in [4.69, 9.17) is 9.84 Å². The zero-order valence-electron chi connectivity index (χ0n) is 12.8. The van der Waals surface area contributed by atoms with Crippen molar-refractivity contribution < 1.29 is 19.6 Å². The second kappa shape index (κ2) is 7.10. The quantitative estimate of drug-likeness (QED) is 0.529. The molecular weight excluding hydrogens is 344 g/mol. The Morgan fingerprint density at radius 1 is 1.16 bits per heavy atom. The van der Waals surface area contributed by atoms with Crippen LogP contribution in [-0.4, -0.2) is 21.0 Å². The number of nitrogens with zero attached hydrogens (tertiary/aromatic N) is 2. The van der Waals surface area contributed by atoms with E-state index >= 15 is 0 Å². The predicted molar refractivity (Wildman–Crippen MR) is 91.9 cm³/mol. The van der Waals surface area contributed by atoms with Crippen molar-refractivity contribution in [2.24, 2.45) is 0 Å². The standard InChI is InChI=1S/C17H12N2O5S/c20-17(21)15-10-25-16(18-15)12-3-7-14(8-4-12)24-9-11-1-5-13(6-2-11)19(22)23/h1-8,10H,9H2,(H,20,21). The van der Waals surface area contributed by atoms with E-state index in [0.29, 0.717) is 10.8 Å². The summed E-state index contributed by atoms with van der Waals surface area (Å²) in [6.45, 7) is 0.289. The summed E-state index contributed by atoms with van der Waals surface area (Å²) in [7, 11) is 0. The van der Waals surface area contributed by atoms with Crippen LogP contribution < -0.4 is 4.74 Å². The third kappa shape index (κ3) is 3.99. The largest absolute Gasteiger partial charge is 0.489 e. The van der Waals surface area contributed by atoms with Gasteiger partial charge >= 0.3 is 5.97 Å². The molecule has 126 valence electrons. The van der Waals surface area contributed by atoms with Crippen LogP contribution in [0, 0.1) is 10.1 Å². The molecule has 3 rings (SSSR count). The predicted octanol–water partition coefficient (Wildman–Crippen LogP) is 4.00. The van der Waals surface area contributed by atoms with E-state index in [2.05, 4.69) is 4.98 Å². The number of benzene rings is 2. The molecule has 0 unspecified atom stereocenters. The fourth-order valence-corrected chi connectivity index (χ4v) is 2.88. The van der Waals surface area contributed by atoms with E-state index in [1.54, 1.807) is 36.4 Å². The number of hydrogen-bond donors (Lipinski definition) is 1. The number of hydrogen-bond acceptors (Lipinski definition) is 6. The van der Waals surface area contributed by atoms with E-state index in [1.807, 2.05) is 0 Å². The average molecular weight is 356 g/mol. The molecule has 0 bridgehead atoms. The van der Waals surface area contributed by atoms with E-state index in [9.17, 15) is 14.9 Å². The van der Waals surface area contributed by atoms with Crippen molar-refractivity contribution in [3.05, 3.63) is 75.3 Å². The minimum Gasteiger partial charge on any atom is -0.489 e. The molecule has 7 nitrogen and oxygen atoms in total. The van der Waals surface area contributed by atoms with Crippen molar-refractivity contribution in [3.63, 3.8) is 0 Å². The molecule has 0 saturated heterocycles. The SMILES string of the molecule is O=C(O)c1csc(-c2ccc(OCc3ccc([N+](=O)[O-])cc3)cc2)n1. The molecule has 25 heavy (non-hydrogen) atoms. The maximum atomic E-state index is 10.9. The Hall–Kier alpha value is -3.26. The molecule has 3 aromatic rings. The molecule has 1 N–H and O–H groups in total. The van der Waals surface area contributed by atoms with E-state index in [0.717, 1.165) is 11.1 Å². The summed E-state index contributed by atoms with van der Waals surface area (Å²) >= 11 is 1.26. The van der Waals surface area contributed by atoms with Gasteiger partial charge in [-0.2, -0.15) is 0 Å². The van der Waals surface area contributed by atoms with Crippen LogP contribution in [-0.2, 0) is 6.61 Å². The van der Waals surface area contributed by atoms with Crippen LogP contribution in [0.25, 0.3) is 10.6 Å². The summed E-state index contributed by atoms with van der Waals surface area (Å²) in [5.41, 5.74) is 1.69. The lowest BCUT2D eigenvalue weighted by Gasteiger charge is -2.06. The monoisotopic (exact) mass is 356 g/mol. The van der Waals surface area contributed by atoms with Gasteiger partial charge in [-0.15, -0.1) is 11.3 Å². The van der Waals surface area contributed by atoms with Crippen molar-refractivity contribution in [3.8, 4) is 16.3 Å². The van der Waals surface area contributed by atoms with Crippen LogP contribution in [0.2, 0.25) is 0 Å². The van der Waals surface area contributed by atoms with Crippen molar-refractivity contribution in [2.45, 2.75) is 6.61 Å². The maximum Gasteiger partial charge on any atom is 0.355 e. The van der Waals surface area contributed by atoms with Gasteiger partial charge in [0.05, 0.1) is 4.92 Å². The van der Waals surface area contributed by atoms with Crippen molar-refractivity contribution in [1.29, 1.82) is 0 Å². The van der Waals surface area contributed by atoms with Crippen LogP contribution in [0.3, 0.4) is 0 Å². The van der Waals surface area contributed by atoms with Gasteiger partial charge in [-0.25, -0.2) is 9.78 Å². The van der Waals surface area contributed by atoms with Crippen LogP contribution >= 0.6 is 11.3 Å². The Kier molecular flexibility index (Phi) is 4.71. The molecular formula is C17H12N2O5S. The number of thiazole rings is 1. The van der Waals surface area contributed by atoms with Gasteiger partial charge in [-0.3, -0.25) is 10.1 Å². The smallest absolute Gasteiger partial charge is 0.355 e. The van der Waals surface area contributed by atoms with Gasteiger partial charge in [-0.05, 0) is 42.0 Å². The second-order valence-corrected chi connectivity index (χ2v) is 5.94. The molecule has 0 aliphatic rings. The minimum atomic E-state index is -1.05. The molecule has 1 heterocycles. The number of nitro groups is 1. The first kappa shape index (κ1) is 16.6. The summed E-state index contributed by atoms with van der Waals surface area (Å²) in [5.74, 6) is -0.414. The van der Waals surface area contributed by atoms with Gasteiger partial charge in [0.15, 0.2) is 5.69 Å². The van der Waals surface area contributed by atoms with Gasteiger partial charge in [0, 0.05) is 23.1 Å². The Balaban J connectivity index is 1.64.